The van der Waals surface area contributed by atoms with Gasteiger partial charge in [-0.25, -0.2) is 0 Å². The van der Waals surface area contributed by atoms with Gasteiger partial charge in [0.1, 0.15) is 5.75 Å². The summed E-state index contributed by atoms with van der Waals surface area (Å²) in [5, 5.41) is 4.42. The van der Waals surface area contributed by atoms with Gasteiger partial charge in [0.15, 0.2) is 0 Å². The van der Waals surface area contributed by atoms with Crippen molar-refractivity contribution in [3.63, 3.8) is 0 Å². The quantitative estimate of drug-likeness (QED) is 0.853. The zero-order valence-corrected chi connectivity index (χ0v) is 12.9. The molecule has 0 saturated heterocycles. The Bertz CT molecular complexity index is 427. The molecule has 1 saturated carbocycles. The highest BCUT2D eigenvalue weighted by Gasteiger charge is 2.38. The van der Waals surface area contributed by atoms with Crippen LogP contribution in [-0.2, 0) is 0 Å². The Balaban J connectivity index is 2.40. The standard InChI is InChI=1S/C16H24ClNO/c1-4-18-15(16(2)9-5-6-10-16)13-11-12(17)7-8-14(13)19-3/h7-8,11,15,18H,4-6,9-10H2,1-3H3. The summed E-state index contributed by atoms with van der Waals surface area (Å²) in [6.45, 7) is 5.49. The molecular formula is C16H24ClNO. The summed E-state index contributed by atoms with van der Waals surface area (Å²) in [7, 11) is 1.73. The second-order valence-electron chi connectivity index (χ2n) is 5.74. The summed E-state index contributed by atoms with van der Waals surface area (Å²) in [5.41, 5.74) is 1.50. The zero-order chi connectivity index (χ0) is 13.9. The van der Waals surface area contributed by atoms with Crippen LogP contribution in [-0.4, -0.2) is 13.7 Å². The van der Waals surface area contributed by atoms with Crippen molar-refractivity contribution in [2.75, 3.05) is 13.7 Å². The Morgan fingerprint density at radius 2 is 2.05 bits per heavy atom. The maximum Gasteiger partial charge on any atom is 0.123 e. The molecule has 2 rings (SSSR count). The number of nitrogens with one attached hydrogen (secondary N) is 1. The fourth-order valence-electron chi connectivity index (χ4n) is 3.34. The second-order valence-corrected chi connectivity index (χ2v) is 6.17. The Morgan fingerprint density at radius 3 is 2.63 bits per heavy atom. The average Bonchev–Trinajstić information content (AvgIpc) is 2.83. The number of methoxy groups -OCH3 is 1. The predicted molar refractivity (Wildman–Crippen MR) is 81.0 cm³/mol. The molecule has 106 valence electrons. The third-order valence-corrected chi connectivity index (χ3v) is 4.59. The van der Waals surface area contributed by atoms with E-state index in [0.717, 1.165) is 17.3 Å². The summed E-state index contributed by atoms with van der Waals surface area (Å²) in [5.74, 6) is 0.934. The van der Waals surface area contributed by atoms with E-state index in [1.807, 2.05) is 12.1 Å². The van der Waals surface area contributed by atoms with E-state index in [1.54, 1.807) is 7.11 Å². The number of benzene rings is 1. The minimum Gasteiger partial charge on any atom is -0.496 e. The third kappa shape index (κ3) is 3.06. The van der Waals surface area contributed by atoms with Crippen molar-refractivity contribution in [1.82, 2.24) is 5.32 Å². The van der Waals surface area contributed by atoms with Crippen LogP contribution in [0.15, 0.2) is 18.2 Å². The van der Waals surface area contributed by atoms with E-state index in [-0.39, 0.29) is 0 Å². The second kappa shape index (κ2) is 6.15. The van der Waals surface area contributed by atoms with Gasteiger partial charge >= 0.3 is 0 Å². The number of ether oxygens (including phenoxy) is 1. The van der Waals surface area contributed by atoms with Crippen molar-refractivity contribution in [3.05, 3.63) is 28.8 Å². The van der Waals surface area contributed by atoms with Gasteiger partial charge in [-0.05, 0) is 43.0 Å². The number of hydrogen-bond acceptors (Lipinski definition) is 2. The smallest absolute Gasteiger partial charge is 0.123 e. The van der Waals surface area contributed by atoms with Gasteiger partial charge in [0.2, 0.25) is 0 Å². The molecule has 2 nitrogen and oxygen atoms in total. The molecule has 1 aliphatic rings. The minimum absolute atomic E-state index is 0.300. The van der Waals surface area contributed by atoms with Crippen LogP contribution >= 0.6 is 11.6 Å². The van der Waals surface area contributed by atoms with Crippen molar-refractivity contribution < 1.29 is 4.74 Å². The van der Waals surface area contributed by atoms with Gasteiger partial charge in [-0.15, -0.1) is 0 Å². The molecule has 0 aliphatic heterocycles. The molecule has 1 aromatic rings. The monoisotopic (exact) mass is 281 g/mol. The van der Waals surface area contributed by atoms with Crippen LogP contribution in [0.5, 0.6) is 5.75 Å². The Labute approximate surface area is 121 Å². The highest BCUT2D eigenvalue weighted by atomic mass is 35.5. The SMILES string of the molecule is CCNC(c1cc(Cl)ccc1OC)C1(C)CCCC1. The summed E-state index contributed by atoms with van der Waals surface area (Å²) in [6.07, 6.45) is 5.17. The fraction of sp³-hybridized carbons (Fsp3) is 0.625. The lowest BCUT2D eigenvalue weighted by molar-refractivity contribution is 0.221. The highest BCUT2D eigenvalue weighted by molar-refractivity contribution is 6.30. The Morgan fingerprint density at radius 1 is 1.37 bits per heavy atom. The lowest BCUT2D eigenvalue weighted by Crippen LogP contribution is -2.34. The summed E-state index contributed by atoms with van der Waals surface area (Å²) >= 11 is 6.19. The maximum atomic E-state index is 6.19. The van der Waals surface area contributed by atoms with Crippen molar-refractivity contribution in [3.8, 4) is 5.75 Å². The van der Waals surface area contributed by atoms with Gasteiger partial charge < -0.3 is 10.1 Å². The highest BCUT2D eigenvalue weighted by Crippen LogP contribution is 2.49. The molecule has 1 aromatic carbocycles. The van der Waals surface area contributed by atoms with Gasteiger partial charge in [-0.1, -0.05) is 38.3 Å². The van der Waals surface area contributed by atoms with E-state index in [0.29, 0.717) is 11.5 Å². The van der Waals surface area contributed by atoms with Crippen molar-refractivity contribution in [1.29, 1.82) is 0 Å². The molecule has 1 unspecified atom stereocenters. The molecule has 0 spiro atoms. The third-order valence-electron chi connectivity index (χ3n) is 4.35. The van der Waals surface area contributed by atoms with E-state index < -0.39 is 0 Å². The summed E-state index contributed by atoms with van der Waals surface area (Å²) < 4.78 is 5.53. The first kappa shape index (κ1) is 14.7. The first-order valence-corrected chi connectivity index (χ1v) is 7.55. The van der Waals surface area contributed by atoms with Crippen LogP contribution in [0.1, 0.15) is 51.1 Å². The van der Waals surface area contributed by atoms with Crippen LogP contribution in [0.25, 0.3) is 0 Å². The van der Waals surface area contributed by atoms with E-state index in [2.05, 4.69) is 25.2 Å². The van der Waals surface area contributed by atoms with Crippen molar-refractivity contribution in [2.45, 2.75) is 45.6 Å². The lowest BCUT2D eigenvalue weighted by atomic mass is 9.77. The first-order valence-electron chi connectivity index (χ1n) is 7.17. The molecule has 1 atom stereocenters. The fourth-order valence-corrected chi connectivity index (χ4v) is 3.52. The molecule has 1 aliphatic carbocycles. The molecule has 0 radical (unpaired) electrons. The normalized spacial score (nSPS) is 19.4. The van der Waals surface area contributed by atoms with Crippen molar-refractivity contribution >= 4 is 11.6 Å². The van der Waals surface area contributed by atoms with Crippen LogP contribution in [0, 0.1) is 5.41 Å². The topological polar surface area (TPSA) is 21.3 Å². The molecule has 3 heteroatoms. The molecule has 0 bridgehead atoms. The van der Waals surface area contributed by atoms with Crippen LogP contribution in [0.3, 0.4) is 0 Å². The number of rotatable bonds is 5. The van der Waals surface area contributed by atoms with E-state index in [4.69, 9.17) is 16.3 Å². The van der Waals surface area contributed by atoms with Gasteiger partial charge in [0.05, 0.1) is 7.11 Å². The van der Waals surface area contributed by atoms with Gasteiger partial charge in [0.25, 0.3) is 0 Å². The van der Waals surface area contributed by atoms with Crippen molar-refractivity contribution in [2.24, 2.45) is 5.41 Å². The Hall–Kier alpha value is -0.730. The van der Waals surface area contributed by atoms with Gasteiger partial charge in [-0.3, -0.25) is 0 Å². The minimum atomic E-state index is 0.300. The zero-order valence-electron chi connectivity index (χ0n) is 12.1. The van der Waals surface area contributed by atoms with E-state index >= 15 is 0 Å². The van der Waals surface area contributed by atoms with Crippen LogP contribution < -0.4 is 10.1 Å². The van der Waals surface area contributed by atoms with Crippen LogP contribution in [0.2, 0.25) is 5.02 Å². The largest absolute Gasteiger partial charge is 0.496 e. The molecule has 1 fully saturated rings. The predicted octanol–water partition coefficient (Wildman–Crippen LogP) is 4.58. The Kier molecular flexibility index (Phi) is 4.75. The van der Waals surface area contributed by atoms with E-state index in [1.165, 1.54) is 31.2 Å². The van der Waals surface area contributed by atoms with E-state index in [9.17, 15) is 0 Å². The van der Waals surface area contributed by atoms with Gasteiger partial charge in [0, 0.05) is 16.6 Å². The molecule has 1 N–H and O–H groups in total. The van der Waals surface area contributed by atoms with Gasteiger partial charge in [-0.2, -0.15) is 0 Å². The first-order chi connectivity index (χ1) is 9.10. The molecule has 0 heterocycles. The molecule has 0 amide bonds. The number of halogens is 1. The molecule has 0 aromatic heterocycles. The molecular weight excluding hydrogens is 258 g/mol. The van der Waals surface area contributed by atoms with Crippen LogP contribution in [0.4, 0.5) is 0 Å². The lowest BCUT2D eigenvalue weighted by Gasteiger charge is -2.36. The summed E-state index contributed by atoms with van der Waals surface area (Å²) in [6, 6.07) is 6.23. The number of hydrogen-bond donors (Lipinski definition) is 1. The summed E-state index contributed by atoms with van der Waals surface area (Å²) in [4.78, 5) is 0. The molecule has 19 heavy (non-hydrogen) atoms. The average molecular weight is 282 g/mol. The maximum absolute atomic E-state index is 6.19.